The molecule has 0 bridgehead atoms. The Balaban J connectivity index is 1.67. The number of fused-ring (bicyclic) bond motifs is 1. The molecule has 0 unspecified atom stereocenters. The molecule has 3 rings (SSSR count). The van der Waals surface area contributed by atoms with Crippen LogP contribution in [0.1, 0.15) is 56.7 Å². The van der Waals surface area contributed by atoms with Crippen LogP contribution < -0.4 is 15.1 Å². The standard InChI is InChI=1S/C24H29Cl2N3O2/c1-6-29-21-9-15(2)17(10-19(21)16(3)12-24(29,4)5)13-27-28-23(30)14-31-22-8-7-18(25)11-20(22)26/h7-11,13,16H,6,12,14H2,1-5H3,(H,28,30)/b27-13+/t16-/m1/s1. The van der Waals surface area contributed by atoms with Gasteiger partial charge in [-0.1, -0.05) is 30.1 Å². The Labute approximate surface area is 194 Å². The monoisotopic (exact) mass is 461 g/mol. The third-order valence-corrected chi connectivity index (χ3v) is 6.27. The first-order valence-electron chi connectivity index (χ1n) is 10.4. The first-order valence-corrected chi connectivity index (χ1v) is 11.2. The zero-order valence-corrected chi connectivity index (χ0v) is 20.1. The zero-order chi connectivity index (χ0) is 22.8. The molecule has 1 heterocycles. The molecular formula is C24H29Cl2N3O2. The van der Waals surface area contributed by atoms with E-state index in [0.717, 1.165) is 24.1 Å². The van der Waals surface area contributed by atoms with Crippen molar-refractivity contribution in [1.29, 1.82) is 0 Å². The first kappa shape index (κ1) is 23.4. The van der Waals surface area contributed by atoms with Gasteiger partial charge in [0.1, 0.15) is 5.75 Å². The number of carbonyl (C=O) groups excluding carboxylic acids is 1. The van der Waals surface area contributed by atoms with Gasteiger partial charge >= 0.3 is 0 Å². The van der Waals surface area contributed by atoms with Crippen molar-refractivity contribution in [3.8, 4) is 5.75 Å². The van der Waals surface area contributed by atoms with Crippen molar-refractivity contribution in [1.82, 2.24) is 5.43 Å². The zero-order valence-electron chi connectivity index (χ0n) is 18.6. The lowest BCUT2D eigenvalue weighted by atomic mass is 9.79. The number of halogens is 2. The molecule has 1 aliphatic rings. The lowest BCUT2D eigenvalue weighted by Crippen LogP contribution is -2.48. The van der Waals surface area contributed by atoms with Crippen LogP contribution in [0.5, 0.6) is 5.75 Å². The summed E-state index contributed by atoms with van der Waals surface area (Å²) in [7, 11) is 0. The van der Waals surface area contributed by atoms with Crippen LogP contribution in [0.25, 0.3) is 0 Å². The van der Waals surface area contributed by atoms with Crippen molar-refractivity contribution >= 4 is 41.0 Å². The number of carbonyl (C=O) groups is 1. The van der Waals surface area contributed by atoms with Gasteiger partial charge in [0.15, 0.2) is 6.61 Å². The maximum Gasteiger partial charge on any atom is 0.277 e. The maximum atomic E-state index is 12.1. The topological polar surface area (TPSA) is 53.9 Å². The molecule has 0 fully saturated rings. The SMILES string of the molecule is CCN1c2cc(C)c(/C=N/NC(=O)COc3ccc(Cl)cc3Cl)cc2[C@H](C)CC1(C)C. The molecule has 1 aliphatic heterocycles. The van der Waals surface area contributed by atoms with Crippen LogP contribution in [0.4, 0.5) is 5.69 Å². The number of aryl methyl sites for hydroxylation is 1. The summed E-state index contributed by atoms with van der Waals surface area (Å²) >= 11 is 11.9. The number of hydrazone groups is 1. The van der Waals surface area contributed by atoms with Gasteiger partial charge in [-0.05, 0) is 87.1 Å². The van der Waals surface area contributed by atoms with E-state index >= 15 is 0 Å². The van der Waals surface area contributed by atoms with E-state index in [4.69, 9.17) is 27.9 Å². The normalized spacial score (nSPS) is 17.5. The Morgan fingerprint density at radius 1 is 1.32 bits per heavy atom. The van der Waals surface area contributed by atoms with E-state index in [2.05, 4.69) is 62.2 Å². The second kappa shape index (κ2) is 9.49. The molecule has 0 aromatic heterocycles. The van der Waals surface area contributed by atoms with Crippen LogP contribution in [0, 0.1) is 6.92 Å². The molecule has 0 saturated heterocycles. The number of ether oxygens (including phenoxy) is 1. The highest BCUT2D eigenvalue weighted by Crippen LogP contribution is 2.44. The third-order valence-electron chi connectivity index (χ3n) is 5.74. The van der Waals surface area contributed by atoms with Gasteiger partial charge in [-0.25, -0.2) is 5.43 Å². The summed E-state index contributed by atoms with van der Waals surface area (Å²) in [6.45, 7) is 11.9. The summed E-state index contributed by atoms with van der Waals surface area (Å²) < 4.78 is 5.43. The van der Waals surface area contributed by atoms with Gasteiger partial charge in [-0.2, -0.15) is 5.10 Å². The molecule has 2 aromatic carbocycles. The number of nitrogens with one attached hydrogen (secondary N) is 1. The lowest BCUT2D eigenvalue weighted by Gasteiger charge is -2.47. The quantitative estimate of drug-likeness (QED) is 0.427. The number of hydrogen-bond donors (Lipinski definition) is 1. The Hall–Kier alpha value is -2.24. The number of rotatable bonds is 6. The summed E-state index contributed by atoms with van der Waals surface area (Å²) in [4.78, 5) is 14.6. The number of nitrogens with zero attached hydrogens (tertiary/aromatic N) is 2. The molecule has 1 N–H and O–H groups in total. The Kier molecular flexibility index (Phi) is 7.17. The predicted octanol–water partition coefficient (Wildman–Crippen LogP) is 5.94. The first-order chi connectivity index (χ1) is 14.6. The van der Waals surface area contributed by atoms with Gasteiger partial charge in [-0.15, -0.1) is 0 Å². The molecule has 7 heteroatoms. The molecule has 0 radical (unpaired) electrons. The van der Waals surface area contributed by atoms with Crippen molar-refractivity contribution < 1.29 is 9.53 Å². The summed E-state index contributed by atoms with van der Waals surface area (Å²) in [6, 6.07) is 9.26. The second-order valence-electron chi connectivity index (χ2n) is 8.59. The highest BCUT2D eigenvalue weighted by Gasteiger charge is 2.35. The highest BCUT2D eigenvalue weighted by atomic mass is 35.5. The molecule has 5 nitrogen and oxygen atoms in total. The van der Waals surface area contributed by atoms with E-state index in [9.17, 15) is 4.79 Å². The van der Waals surface area contributed by atoms with Gasteiger partial charge < -0.3 is 9.64 Å². The molecule has 0 spiro atoms. The third kappa shape index (κ3) is 5.34. The Morgan fingerprint density at radius 2 is 2.06 bits per heavy atom. The molecule has 1 amide bonds. The van der Waals surface area contributed by atoms with E-state index in [1.54, 1.807) is 24.4 Å². The van der Waals surface area contributed by atoms with Crippen LogP contribution >= 0.6 is 23.2 Å². The van der Waals surface area contributed by atoms with Gasteiger partial charge in [0.05, 0.1) is 11.2 Å². The number of anilines is 1. The van der Waals surface area contributed by atoms with Gasteiger partial charge in [0.2, 0.25) is 0 Å². The van der Waals surface area contributed by atoms with Crippen LogP contribution in [0.2, 0.25) is 10.0 Å². The van der Waals surface area contributed by atoms with Crippen molar-refractivity contribution in [2.75, 3.05) is 18.1 Å². The summed E-state index contributed by atoms with van der Waals surface area (Å²) in [5, 5.41) is 4.98. The van der Waals surface area contributed by atoms with E-state index < -0.39 is 0 Å². The van der Waals surface area contributed by atoms with Crippen LogP contribution in [-0.2, 0) is 4.79 Å². The molecule has 1 atom stereocenters. The minimum Gasteiger partial charge on any atom is -0.482 e. The van der Waals surface area contributed by atoms with Crippen LogP contribution in [0.3, 0.4) is 0 Å². The van der Waals surface area contributed by atoms with Crippen LogP contribution in [0.15, 0.2) is 35.4 Å². The fraction of sp³-hybridized carbons (Fsp3) is 0.417. The van der Waals surface area contributed by atoms with E-state index in [0.29, 0.717) is 21.7 Å². The van der Waals surface area contributed by atoms with Crippen molar-refractivity contribution in [2.45, 2.75) is 52.5 Å². The second-order valence-corrected chi connectivity index (χ2v) is 9.43. The molecular weight excluding hydrogens is 433 g/mol. The fourth-order valence-corrected chi connectivity index (χ4v) is 4.79. The maximum absolute atomic E-state index is 12.1. The van der Waals surface area contributed by atoms with Crippen molar-refractivity contribution in [2.24, 2.45) is 5.10 Å². The highest BCUT2D eigenvalue weighted by molar-refractivity contribution is 6.35. The van der Waals surface area contributed by atoms with Gasteiger partial charge in [0.25, 0.3) is 5.91 Å². The van der Waals surface area contributed by atoms with E-state index in [1.807, 2.05) is 0 Å². The minimum absolute atomic E-state index is 0.129. The fourth-order valence-electron chi connectivity index (χ4n) is 4.33. The molecule has 2 aromatic rings. The number of amides is 1. The predicted molar refractivity (Wildman–Crippen MR) is 129 cm³/mol. The molecule has 0 saturated carbocycles. The van der Waals surface area contributed by atoms with E-state index in [1.165, 1.54) is 11.3 Å². The van der Waals surface area contributed by atoms with Crippen LogP contribution in [-0.4, -0.2) is 30.8 Å². The smallest absolute Gasteiger partial charge is 0.277 e. The molecule has 0 aliphatic carbocycles. The minimum atomic E-state index is -0.370. The Bertz CT molecular complexity index is 1000. The largest absolute Gasteiger partial charge is 0.482 e. The Morgan fingerprint density at radius 3 is 2.74 bits per heavy atom. The van der Waals surface area contributed by atoms with Gasteiger partial charge in [-0.3, -0.25) is 4.79 Å². The lowest BCUT2D eigenvalue weighted by molar-refractivity contribution is -0.123. The summed E-state index contributed by atoms with van der Waals surface area (Å²) in [5.41, 5.74) is 7.35. The van der Waals surface area contributed by atoms with Crippen molar-refractivity contribution in [3.63, 3.8) is 0 Å². The number of hydrogen-bond acceptors (Lipinski definition) is 4. The van der Waals surface area contributed by atoms with E-state index in [-0.39, 0.29) is 18.1 Å². The van der Waals surface area contributed by atoms with Gasteiger partial charge in [0, 0.05) is 22.8 Å². The van der Waals surface area contributed by atoms with Crippen molar-refractivity contribution in [3.05, 3.63) is 57.1 Å². The summed E-state index contributed by atoms with van der Waals surface area (Å²) in [5.74, 6) is 0.478. The molecule has 166 valence electrons. The number of benzene rings is 2. The average Bonchev–Trinajstić information content (AvgIpc) is 2.68. The average molecular weight is 462 g/mol. The summed E-state index contributed by atoms with van der Waals surface area (Å²) in [6.07, 6.45) is 2.78. The molecule has 31 heavy (non-hydrogen) atoms.